The van der Waals surface area contributed by atoms with Crippen LogP contribution in [0.1, 0.15) is 55.5 Å². The summed E-state index contributed by atoms with van der Waals surface area (Å²) in [5, 5.41) is 7.35. The number of amides is 2. The quantitative estimate of drug-likeness (QED) is 0.891. The van der Waals surface area contributed by atoms with Gasteiger partial charge in [0.2, 0.25) is 0 Å². The molecule has 1 unspecified atom stereocenters. The van der Waals surface area contributed by atoms with Gasteiger partial charge in [-0.05, 0) is 44.4 Å². The Bertz CT molecular complexity index is 758. The van der Waals surface area contributed by atoms with E-state index in [1.165, 1.54) is 6.07 Å². The van der Waals surface area contributed by atoms with Gasteiger partial charge in [0.05, 0.1) is 12.2 Å². The average Bonchev–Trinajstić information content (AvgIpc) is 2.84. The van der Waals surface area contributed by atoms with Crippen LogP contribution in [0.3, 0.4) is 0 Å². The number of rotatable bonds is 4. The van der Waals surface area contributed by atoms with Gasteiger partial charge in [-0.2, -0.15) is 5.10 Å². The predicted octanol–water partition coefficient (Wildman–Crippen LogP) is 4.18. The van der Waals surface area contributed by atoms with E-state index >= 15 is 0 Å². The molecule has 0 radical (unpaired) electrons. The molecule has 1 aromatic carbocycles. The molecule has 2 amide bonds. The zero-order chi connectivity index (χ0) is 18.5. The van der Waals surface area contributed by atoms with Crippen molar-refractivity contribution >= 4 is 6.03 Å². The van der Waals surface area contributed by atoms with Crippen LogP contribution in [0.4, 0.5) is 9.18 Å². The third-order valence-corrected chi connectivity index (χ3v) is 5.18. The van der Waals surface area contributed by atoms with Crippen LogP contribution in [0.15, 0.2) is 30.5 Å². The molecule has 0 aliphatic carbocycles. The Balaban J connectivity index is 1.73. The number of nitrogens with zero attached hydrogens (tertiary/aromatic N) is 3. The average molecular weight is 358 g/mol. The SMILES string of the molecule is CCn1ncc(CNC(=O)N2CCCCCC2c2cccc(F)c2)c1C. The Morgan fingerprint density at radius 2 is 2.19 bits per heavy atom. The lowest BCUT2D eigenvalue weighted by Gasteiger charge is -2.30. The number of hydrogen-bond donors (Lipinski definition) is 1. The largest absolute Gasteiger partial charge is 0.334 e. The van der Waals surface area contributed by atoms with E-state index in [0.717, 1.165) is 49.0 Å². The van der Waals surface area contributed by atoms with Crippen LogP contribution in [0.25, 0.3) is 0 Å². The van der Waals surface area contributed by atoms with Crippen LogP contribution in [-0.2, 0) is 13.1 Å². The summed E-state index contributed by atoms with van der Waals surface area (Å²) in [4.78, 5) is 14.7. The summed E-state index contributed by atoms with van der Waals surface area (Å²) in [5.74, 6) is -0.255. The van der Waals surface area contributed by atoms with Gasteiger partial charge < -0.3 is 10.2 Å². The number of likely N-dealkylation sites (tertiary alicyclic amines) is 1. The summed E-state index contributed by atoms with van der Waals surface area (Å²) in [6.45, 7) is 6.02. The van der Waals surface area contributed by atoms with Crippen molar-refractivity contribution in [1.29, 1.82) is 0 Å². The highest BCUT2D eigenvalue weighted by atomic mass is 19.1. The van der Waals surface area contributed by atoms with Crippen LogP contribution in [0.2, 0.25) is 0 Å². The van der Waals surface area contributed by atoms with Gasteiger partial charge in [-0.1, -0.05) is 25.0 Å². The maximum atomic E-state index is 13.7. The van der Waals surface area contributed by atoms with Crippen molar-refractivity contribution in [3.05, 3.63) is 53.1 Å². The molecule has 6 heteroatoms. The van der Waals surface area contributed by atoms with Crippen molar-refractivity contribution in [3.8, 4) is 0 Å². The fourth-order valence-electron chi connectivity index (χ4n) is 3.66. The number of nitrogens with one attached hydrogen (secondary N) is 1. The molecular formula is C20H27FN4O. The van der Waals surface area contributed by atoms with E-state index in [9.17, 15) is 9.18 Å². The number of hydrogen-bond acceptors (Lipinski definition) is 2. The summed E-state index contributed by atoms with van der Waals surface area (Å²) in [5.41, 5.74) is 2.97. The van der Waals surface area contributed by atoms with Gasteiger partial charge in [0.25, 0.3) is 0 Å². The molecule has 140 valence electrons. The highest BCUT2D eigenvalue weighted by Gasteiger charge is 2.27. The fraction of sp³-hybridized carbons (Fsp3) is 0.500. The van der Waals surface area contributed by atoms with E-state index in [2.05, 4.69) is 10.4 Å². The lowest BCUT2D eigenvalue weighted by atomic mass is 10.0. The molecule has 1 saturated heterocycles. The smallest absolute Gasteiger partial charge is 0.318 e. The van der Waals surface area contributed by atoms with E-state index < -0.39 is 0 Å². The van der Waals surface area contributed by atoms with Crippen LogP contribution < -0.4 is 5.32 Å². The van der Waals surface area contributed by atoms with Crippen molar-refractivity contribution in [1.82, 2.24) is 20.0 Å². The molecule has 3 rings (SSSR count). The monoisotopic (exact) mass is 358 g/mol. The Morgan fingerprint density at radius 3 is 2.92 bits per heavy atom. The molecule has 1 N–H and O–H groups in total. The Morgan fingerprint density at radius 1 is 1.35 bits per heavy atom. The minimum absolute atomic E-state index is 0.0762. The van der Waals surface area contributed by atoms with E-state index in [1.807, 2.05) is 35.7 Å². The summed E-state index contributed by atoms with van der Waals surface area (Å²) in [7, 11) is 0. The first kappa shape index (κ1) is 18.4. The topological polar surface area (TPSA) is 50.2 Å². The van der Waals surface area contributed by atoms with Crippen molar-refractivity contribution in [3.63, 3.8) is 0 Å². The van der Waals surface area contributed by atoms with Crippen LogP contribution in [0.5, 0.6) is 0 Å². The number of halogens is 1. The number of carbonyl (C=O) groups is 1. The first-order valence-corrected chi connectivity index (χ1v) is 9.41. The second-order valence-electron chi connectivity index (χ2n) is 6.84. The van der Waals surface area contributed by atoms with Gasteiger partial charge in [0, 0.05) is 30.9 Å². The molecule has 0 saturated carbocycles. The molecule has 1 aromatic heterocycles. The van der Waals surface area contributed by atoms with Crippen LogP contribution >= 0.6 is 0 Å². The Hall–Kier alpha value is -2.37. The van der Waals surface area contributed by atoms with E-state index in [1.54, 1.807) is 12.1 Å². The maximum Gasteiger partial charge on any atom is 0.318 e. The highest BCUT2D eigenvalue weighted by molar-refractivity contribution is 5.74. The molecule has 2 heterocycles. The van der Waals surface area contributed by atoms with Gasteiger partial charge in [0.15, 0.2) is 0 Å². The number of carbonyl (C=O) groups excluding carboxylic acids is 1. The zero-order valence-corrected chi connectivity index (χ0v) is 15.5. The standard InChI is InChI=1S/C20H27FN4O/c1-3-25-15(2)17(14-23-25)13-22-20(26)24-11-6-4-5-10-19(24)16-8-7-9-18(21)12-16/h7-9,12,14,19H,3-6,10-11,13H2,1-2H3,(H,22,26). The van der Waals surface area contributed by atoms with Gasteiger partial charge in [0.1, 0.15) is 5.82 Å². The van der Waals surface area contributed by atoms with Crippen molar-refractivity contribution in [2.45, 2.75) is 58.7 Å². The molecule has 1 fully saturated rings. The Labute approximate surface area is 154 Å². The minimum atomic E-state index is -0.255. The number of aromatic nitrogens is 2. The second kappa shape index (κ2) is 8.34. The molecule has 1 atom stereocenters. The van der Waals surface area contributed by atoms with Crippen LogP contribution in [-0.4, -0.2) is 27.3 Å². The van der Waals surface area contributed by atoms with Crippen molar-refractivity contribution < 1.29 is 9.18 Å². The maximum absolute atomic E-state index is 13.7. The van der Waals surface area contributed by atoms with Gasteiger partial charge in [-0.25, -0.2) is 9.18 Å². The predicted molar refractivity (Wildman–Crippen MR) is 99.2 cm³/mol. The number of aryl methyl sites for hydroxylation is 1. The molecule has 26 heavy (non-hydrogen) atoms. The Kier molecular flexibility index (Phi) is 5.91. The third kappa shape index (κ3) is 4.06. The third-order valence-electron chi connectivity index (χ3n) is 5.18. The summed E-state index contributed by atoms with van der Waals surface area (Å²) in [6, 6.07) is 6.45. The molecule has 0 spiro atoms. The number of urea groups is 1. The molecule has 1 aliphatic heterocycles. The summed E-state index contributed by atoms with van der Waals surface area (Å²) < 4.78 is 15.6. The lowest BCUT2D eigenvalue weighted by Crippen LogP contribution is -2.42. The highest BCUT2D eigenvalue weighted by Crippen LogP contribution is 2.30. The second-order valence-corrected chi connectivity index (χ2v) is 6.84. The lowest BCUT2D eigenvalue weighted by molar-refractivity contribution is 0.175. The van der Waals surface area contributed by atoms with E-state index in [4.69, 9.17) is 0 Å². The van der Waals surface area contributed by atoms with Crippen molar-refractivity contribution in [2.24, 2.45) is 0 Å². The first-order valence-electron chi connectivity index (χ1n) is 9.41. The van der Waals surface area contributed by atoms with E-state index in [-0.39, 0.29) is 17.9 Å². The summed E-state index contributed by atoms with van der Waals surface area (Å²) in [6.07, 6.45) is 5.80. The number of benzene rings is 1. The molecule has 1 aliphatic rings. The van der Waals surface area contributed by atoms with Crippen LogP contribution in [0, 0.1) is 12.7 Å². The van der Waals surface area contributed by atoms with Gasteiger partial charge in [-0.3, -0.25) is 4.68 Å². The zero-order valence-electron chi connectivity index (χ0n) is 15.5. The van der Waals surface area contributed by atoms with Gasteiger partial charge in [-0.15, -0.1) is 0 Å². The molecular weight excluding hydrogens is 331 g/mol. The normalized spacial score (nSPS) is 17.8. The minimum Gasteiger partial charge on any atom is -0.334 e. The van der Waals surface area contributed by atoms with Gasteiger partial charge >= 0.3 is 6.03 Å². The molecule has 5 nitrogen and oxygen atoms in total. The molecule has 0 bridgehead atoms. The molecule has 2 aromatic rings. The summed E-state index contributed by atoms with van der Waals surface area (Å²) >= 11 is 0. The van der Waals surface area contributed by atoms with E-state index in [0.29, 0.717) is 13.1 Å². The first-order chi connectivity index (χ1) is 12.6. The van der Waals surface area contributed by atoms with Crippen molar-refractivity contribution in [2.75, 3.05) is 6.54 Å². The fourth-order valence-corrected chi connectivity index (χ4v) is 3.66.